The second-order valence-corrected chi connectivity index (χ2v) is 8.78. The molecule has 2 aromatic rings. The number of methoxy groups -OCH3 is 1. The molecule has 0 radical (unpaired) electrons. The summed E-state index contributed by atoms with van der Waals surface area (Å²) in [7, 11) is 3.00. The zero-order chi connectivity index (χ0) is 23.3. The Morgan fingerprint density at radius 1 is 1.19 bits per heavy atom. The van der Waals surface area contributed by atoms with Crippen molar-refractivity contribution in [1.29, 1.82) is 0 Å². The average Bonchev–Trinajstić information content (AvgIpc) is 3.03. The van der Waals surface area contributed by atoms with Gasteiger partial charge in [0, 0.05) is 7.05 Å². The minimum absolute atomic E-state index is 0.153. The molecular formula is C23H23IN2O5S. The van der Waals surface area contributed by atoms with Gasteiger partial charge in [-0.25, -0.2) is 9.79 Å². The summed E-state index contributed by atoms with van der Waals surface area (Å²) in [6.07, 6.45) is 1.82. The minimum Gasteiger partial charge on any atom is -0.490 e. The largest absolute Gasteiger partial charge is 0.490 e. The van der Waals surface area contributed by atoms with Gasteiger partial charge in [0.2, 0.25) is 0 Å². The summed E-state index contributed by atoms with van der Waals surface area (Å²) in [5.74, 6) is 0.754. The van der Waals surface area contributed by atoms with Gasteiger partial charge in [-0.05, 0) is 90.2 Å². The van der Waals surface area contributed by atoms with Crippen LogP contribution in [0.1, 0.15) is 29.8 Å². The Morgan fingerprint density at radius 2 is 1.94 bits per heavy atom. The number of amides is 1. The second kappa shape index (κ2) is 10.9. The summed E-state index contributed by atoms with van der Waals surface area (Å²) in [5, 5.41) is 0.522. The van der Waals surface area contributed by atoms with E-state index in [1.54, 1.807) is 31.3 Å². The van der Waals surface area contributed by atoms with Gasteiger partial charge in [0.1, 0.15) is 0 Å². The van der Waals surface area contributed by atoms with Crippen molar-refractivity contribution in [2.24, 2.45) is 4.99 Å². The molecule has 0 aromatic heterocycles. The van der Waals surface area contributed by atoms with Gasteiger partial charge in [-0.2, -0.15) is 0 Å². The monoisotopic (exact) mass is 566 g/mol. The zero-order valence-corrected chi connectivity index (χ0v) is 21.2. The summed E-state index contributed by atoms with van der Waals surface area (Å²) >= 11 is 3.48. The molecule has 168 valence electrons. The standard InChI is InChI=1S/C23H23IN2O5S/c1-5-30-18-11-14(10-17(24)20(18)31-6-2)12-19-21(27)26(3)23(32-19)25-16-9-7-8-15(13-16)22(28)29-4/h7-13H,5-6H2,1-4H3. The number of hydrogen-bond donors (Lipinski definition) is 0. The molecule has 0 bridgehead atoms. The van der Waals surface area contributed by atoms with Crippen LogP contribution in [0.15, 0.2) is 46.3 Å². The number of aliphatic imine (C=N–C) groups is 1. The zero-order valence-electron chi connectivity index (χ0n) is 18.2. The van der Waals surface area contributed by atoms with Crippen LogP contribution in [0.25, 0.3) is 6.08 Å². The van der Waals surface area contributed by atoms with Gasteiger partial charge in [-0.15, -0.1) is 0 Å². The molecule has 0 unspecified atom stereocenters. The molecule has 1 aliphatic heterocycles. The lowest BCUT2D eigenvalue weighted by molar-refractivity contribution is -0.121. The van der Waals surface area contributed by atoms with Crippen LogP contribution in [0.2, 0.25) is 0 Å². The van der Waals surface area contributed by atoms with E-state index in [-0.39, 0.29) is 5.91 Å². The molecule has 9 heteroatoms. The first-order valence-electron chi connectivity index (χ1n) is 9.91. The van der Waals surface area contributed by atoms with Crippen molar-refractivity contribution in [3.63, 3.8) is 0 Å². The van der Waals surface area contributed by atoms with Crippen LogP contribution >= 0.6 is 34.4 Å². The number of thioether (sulfide) groups is 1. The Kier molecular flexibility index (Phi) is 8.19. The van der Waals surface area contributed by atoms with Gasteiger partial charge in [-0.3, -0.25) is 9.69 Å². The van der Waals surface area contributed by atoms with E-state index >= 15 is 0 Å². The molecule has 1 fully saturated rings. The molecule has 0 saturated carbocycles. The van der Waals surface area contributed by atoms with E-state index in [0.717, 1.165) is 9.13 Å². The smallest absolute Gasteiger partial charge is 0.337 e. The second-order valence-electron chi connectivity index (χ2n) is 6.61. The first kappa shape index (κ1) is 24.1. The summed E-state index contributed by atoms with van der Waals surface area (Å²) in [6.45, 7) is 4.88. The highest BCUT2D eigenvalue weighted by Gasteiger charge is 2.30. The third-order valence-corrected chi connectivity index (χ3v) is 6.28. The Morgan fingerprint density at radius 3 is 2.62 bits per heavy atom. The van der Waals surface area contributed by atoms with Gasteiger partial charge in [0.15, 0.2) is 16.7 Å². The highest BCUT2D eigenvalue weighted by molar-refractivity contribution is 14.1. The van der Waals surface area contributed by atoms with Crippen LogP contribution in [-0.2, 0) is 9.53 Å². The molecule has 0 aliphatic carbocycles. The first-order valence-corrected chi connectivity index (χ1v) is 11.8. The maximum atomic E-state index is 12.8. The fourth-order valence-corrected chi connectivity index (χ4v) is 4.72. The summed E-state index contributed by atoms with van der Waals surface area (Å²) < 4.78 is 17.1. The van der Waals surface area contributed by atoms with Crippen molar-refractivity contribution in [1.82, 2.24) is 4.90 Å². The number of hydrogen-bond acceptors (Lipinski definition) is 7. The van der Waals surface area contributed by atoms with Crippen molar-refractivity contribution in [2.45, 2.75) is 13.8 Å². The first-order chi connectivity index (χ1) is 15.4. The predicted molar refractivity (Wildman–Crippen MR) is 135 cm³/mol. The number of carbonyl (C=O) groups excluding carboxylic acids is 2. The number of rotatable bonds is 7. The molecule has 32 heavy (non-hydrogen) atoms. The maximum absolute atomic E-state index is 12.8. The number of benzene rings is 2. The molecule has 1 aliphatic rings. The quantitative estimate of drug-likeness (QED) is 0.264. The van der Waals surface area contributed by atoms with Gasteiger partial charge in [0.25, 0.3) is 5.91 Å². The maximum Gasteiger partial charge on any atom is 0.337 e. The van der Waals surface area contributed by atoms with E-state index in [9.17, 15) is 9.59 Å². The highest BCUT2D eigenvalue weighted by Crippen LogP contribution is 2.37. The molecule has 7 nitrogen and oxygen atoms in total. The number of carbonyl (C=O) groups is 2. The van der Waals surface area contributed by atoms with Gasteiger partial charge < -0.3 is 14.2 Å². The number of nitrogens with zero attached hydrogens (tertiary/aromatic N) is 2. The van der Waals surface area contributed by atoms with E-state index in [1.807, 2.05) is 32.1 Å². The lowest BCUT2D eigenvalue weighted by Crippen LogP contribution is -2.23. The lowest BCUT2D eigenvalue weighted by Gasteiger charge is -2.13. The van der Waals surface area contributed by atoms with E-state index < -0.39 is 5.97 Å². The molecular weight excluding hydrogens is 543 g/mol. The van der Waals surface area contributed by atoms with Crippen molar-refractivity contribution in [2.75, 3.05) is 27.4 Å². The molecule has 1 amide bonds. The number of halogens is 1. The summed E-state index contributed by atoms with van der Waals surface area (Å²) in [6, 6.07) is 10.6. The number of esters is 1. The van der Waals surface area contributed by atoms with Crippen molar-refractivity contribution in [3.8, 4) is 11.5 Å². The minimum atomic E-state index is -0.439. The van der Waals surface area contributed by atoms with Crippen LogP contribution in [0.4, 0.5) is 5.69 Å². The number of likely N-dealkylation sites (N-methyl/N-ethyl adjacent to an activating group) is 1. The average molecular weight is 566 g/mol. The van der Waals surface area contributed by atoms with Crippen LogP contribution < -0.4 is 9.47 Å². The Labute approximate surface area is 205 Å². The van der Waals surface area contributed by atoms with E-state index in [1.165, 1.54) is 23.8 Å². The third kappa shape index (κ3) is 5.44. The van der Waals surface area contributed by atoms with Gasteiger partial charge in [0.05, 0.1) is 40.0 Å². The Balaban J connectivity index is 1.92. The molecule has 0 N–H and O–H groups in total. The summed E-state index contributed by atoms with van der Waals surface area (Å²) in [5.41, 5.74) is 1.79. The van der Waals surface area contributed by atoms with Crippen molar-refractivity contribution >= 4 is 63.2 Å². The molecule has 2 aromatic carbocycles. The van der Waals surface area contributed by atoms with E-state index in [0.29, 0.717) is 46.0 Å². The topological polar surface area (TPSA) is 77.4 Å². The van der Waals surface area contributed by atoms with Crippen LogP contribution in [0, 0.1) is 3.57 Å². The number of amidine groups is 1. The van der Waals surface area contributed by atoms with Crippen molar-refractivity contribution < 1.29 is 23.8 Å². The van der Waals surface area contributed by atoms with Crippen molar-refractivity contribution in [3.05, 3.63) is 56.0 Å². The predicted octanol–water partition coefficient (Wildman–Crippen LogP) is 5.11. The van der Waals surface area contributed by atoms with Crippen LogP contribution in [0.3, 0.4) is 0 Å². The SMILES string of the molecule is CCOc1cc(C=C2SC(=Nc3cccc(C(=O)OC)c3)N(C)C2=O)cc(I)c1OCC. The molecule has 0 atom stereocenters. The van der Waals surface area contributed by atoms with Gasteiger partial charge in [-0.1, -0.05) is 6.07 Å². The highest BCUT2D eigenvalue weighted by atomic mass is 127. The molecule has 1 heterocycles. The molecule has 3 rings (SSSR count). The normalized spacial score (nSPS) is 16.0. The lowest BCUT2D eigenvalue weighted by atomic mass is 10.2. The summed E-state index contributed by atoms with van der Waals surface area (Å²) in [4.78, 5) is 31.2. The fraction of sp³-hybridized carbons (Fsp3) is 0.261. The van der Waals surface area contributed by atoms with Gasteiger partial charge >= 0.3 is 5.97 Å². The third-order valence-electron chi connectivity index (χ3n) is 4.41. The Bertz CT molecular complexity index is 1100. The fourth-order valence-electron chi connectivity index (χ4n) is 2.95. The van der Waals surface area contributed by atoms with Crippen LogP contribution in [0.5, 0.6) is 11.5 Å². The Hall–Kier alpha value is -2.53. The van der Waals surface area contributed by atoms with E-state index in [4.69, 9.17) is 14.2 Å². The molecule has 1 saturated heterocycles. The number of ether oxygens (including phenoxy) is 3. The van der Waals surface area contributed by atoms with Crippen LogP contribution in [-0.4, -0.2) is 49.3 Å². The molecule has 0 spiro atoms. The van der Waals surface area contributed by atoms with E-state index in [2.05, 4.69) is 27.6 Å².